The molecule has 3 atom stereocenters. The van der Waals surface area contributed by atoms with E-state index in [1.54, 1.807) is 0 Å². The molecular formula is C15H29NO. The monoisotopic (exact) mass is 239 g/mol. The van der Waals surface area contributed by atoms with E-state index in [2.05, 4.69) is 11.8 Å². The highest BCUT2D eigenvalue weighted by molar-refractivity contribution is 4.97. The molecule has 1 N–H and O–H groups in total. The molecule has 2 fully saturated rings. The highest BCUT2D eigenvalue weighted by atomic mass is 16.3. The maximum Gasteiger partial charge on any atom is 0.0700 e. The van der Waals surface area contributed by atoms with Crippen molar-refractivity contribution >= 4 is 0 Å². The normalized spacial score (nSPS) is 36.4. The number of aliphatic hydroxyl groups is 1. The van der Waals surface area contributed by atoms with Crippen molar-refractivity contribution in [3.63, 3.8) is 0 Å². The first-order chi connectivity index (χ1) is 8.24. The zero-order valence-corrected chi connectivity index (χ0v) is 11.5. The molecule has 0 aromatic heterocycles. The lowest BCUT2D eigenvalue weighted by Gasteiger charge is -2.39. The number of nitrogens with zero attached hydrogens (tertiary/aromatic N) is 1. The number of rotatable bonds is 7. The van der Waals surface area contributed by atoms with Gasteiger partial charge in [-0.3, -0.25) is 0 Å². The molecule has 0 spiro atoms. The highest BCUT2D eigenvalue weighted by Crippen LogP contribution is 2.38. The summed E-state index contributed by atoms with van der Waals surface area (Å²) >= 11 is 0. The van der Waals surface area contributed by atoms with Crippen LogP contribution in [0.3, 0.4) is 0 Å². The largest absolute Gasteiger partial charge is 0.390 e. The first-order valence-electron chi connectivity index (χ1n) is 7.69. The van der Waals surface area contributed by atoms with Crippen molar-refractivity contribution in [1.29, 1.82) is 0 Å². The highest BCUT2D eigenvalue weighted by Gasteiger charge is 2.43. The van der Waals surface area contributed by atoms with Gasteiger partial charge in [0, 0.05) is 19.0 Å². The number of hydrogen-bond acceptors (Lipinski definition) is 2. The predicted molar refractivity (Wildman–Crippen MR) is 72.1 cm³/mol. The Labute approximate surface area is 106 Å². The van der Waals surface area contributed by atoms with Gasteiger partial charge in [0.15, 0.2) is 0 Å². The van der Waals surface area contributed by atoms with E-state index < -0.39 is 0 Å². The zero-order chi connectivity index (χ0) is 12.1. The summed E-state index contributed by atoms with van der Waals surface area (Å²) in [5.41, 5.74) is -0.308. The smallest absolute Gasteiger partial charge is 0.0700 e. The summed E-state index contributed by atoms with van der Waals surface area (Å²) < 4.78 is 0. The van der Waals surface area contributed by atoms with Gasteiger partial charge in [0.2, 0.25) is 0 Å². The van der Waals surface area contributed by atoms with Gasteiger partial charge in [-0.2, -0.15) is 0 Å². The molecule has 2 aliphatic rings. The molecule has 2 saturated heterocycles. The topological polar surface area (TPSA) is 23.5 Å². The molecule has 2 aliphatic heterocycles. The van der Waals surface area contributed by atoms with E-state index in [9.17, 15) is 5.11 Å². The molecule has 2 rings (SSSR count). The summed E-state index contributed by atoms with van der Waals surface area (Å²) in [4.78, 5) is 2.51. The van der Waals surface area contributed by atoms with Crippen molar-refractivity contribution in [2.45, 2.75) is 70.3 Å². The van der Waals surface area contributed by atoms with Crippen molar-refractivity contribution in [2.75, 3.05) is 19.6 Å². The molecule has 0 radical (unpaired) electrons. The lowest BCUT2D eigenvalue weighted by atomic mass is 9.78. The van der Waals surface area contributed by atoms with E-state index in [1.165, 1.54) is 51.5 Å². The summed E-state index contributed by atoms with van der Waals surface area (Å²) in [5.74, 6) is 0.576. The average molecular weight is 239 g/mol. The van der Waals surface area contributed by atoms with Crippen molar-refractivity contribution < 1.29 is 5.11 Å². The van der Waals surface area contributed by atoms with Gasteiger partial charge in [-0.25, -0.2) is 0 Å². The Morgan fingerprint density at radius 3 is 2.71 bits per heavy atom. The Kier molecular flexibility index (Phi) is 4.87. The van der Waals surface area contributed by atoms with E-state index in [0.717, 1.165) is 25.9 Å². The van der Waals surface area contributed by atoms with Crippen molar-refractivity contribution in [3.8, 4) is 0 Å². The van der Waals surface area contributed by atoms with E-state index in [-0.39, 0.29) is 5.60 Å². The molecule has 17 heavy (non-hydrogen) atoms. The first-order valence-corrected chi connectivity index (χ1v) is 7.69. The Hall–Kier alpha value is -0.0800. The second kappa shape index (κ2) is 6.19. The zero-order valence-electron chi connectivity index (χ0n) is 11.5. The van der Waals surface area contributed by atoms with Gasteiger partial charge >= 0.3 is 0 Å². The van der Waals surface area contributed by atoms with Crippen molar-refractivity contribution in [2.24, 2.45) is 5.92 Å². The molecule has 3 unspecified atom stereocenters. The summed E-state index contributed by atoms with van der Waals surface area (Å²) in [6.07, 6.45) is 11.3. The minimum Gasteiger partial charge on any atom is -0.390 e. The summed E-state index contributed by atoms with van der Waals surface area (Å²) in [6.45, 7) is 5.77. The Balaban J connectivity index is 1.64. The molecule has 0 saturated carbocycles. The third kappa shape index (κ3) is 3.45. The number of fused-ring (bicyclic) bond motifs is 2. The lowest BCUT2D eigenvalue weighted by molar-refractivity contribution is -0.0526. The second-order valence-corrected chi connectivity index (χ2v) is 6.16. The molecule has 2 nitrogen and oxygen atoms in total. The van der Waals surface area contributed by atoms with Crippen LogP contribution in [0.5, 0.6) is 0 Å². The van der Waals surface area contributed by atoms with Crippen LogP contribution in [0.1, 0.15) is 64.7 Å². The minimum absolute atomic E-state index is 0.308. The average Bonchev–Trinajstić information content (AvgIpc) is 2.75. The molecule has 2 bridgehead atoms. The molecule has 0 aliphatic carbocycles. The van der Waals surface area contributed by atoms with E-state index >= 15 is 0 Å². The second-order valence-electron chi connectivity index (χ2n) is 6.16. The number of piperidine rings is 1. The van der Waals surface area contributed by atoms with Crippen LogP contribution in [0.2, 0.25) is 0 Å². The van der Waals surface area contributed by atoms with Crippen molar-refractivity contribution in [1.82, 2.24) is 4.90 Å². The van der Waals surface area contributed by atoms with Crippen LogP contribution in [0, 0.1) is 5.92 Å². The molecule has 0 aromatic carbocycles. The van der Waals surface area contributed by atoms with Gasteiger partial charge < -0.3 is 10.0 Å². The van der Waals surface area contributed by atoms with Crippen LogP contribution in [-0.2, 0) is 0 Å². The van der Waals surface area contributed by atoms with Crippen LogP contribution >= 0.6 is 0 Å². The summed E-state index contributed by atoms with van der Waals surface area (Å²) in [6, 6.07) is 0. The summed E-state index contributed by atoms with van der Waals surface area (Å²) in [7, 11) is 0. The van der Waals surface area contributed by atoms with Gasteiger partial charge in [0.05, 0.1) is 5.60 Å². The van der Waals surface area contributed by atoms with E-state index in [4.69, 9.17) is 0 Å². The standard InChI is InChI=1S/C15H29NO/c1-2-3-4-5-6-7-9-15(17)10-12-16-11-8-14(15)13-16/h14,17H,2-13H2,1H3. The van der Waals surface area contributed by atoms with Crippen LogP contribution < -0.4 is 0 Å². The van der Waals surface area contributed by atoms with E-state index in [0.29, 0.717) is 5.92 Å². The maximum absolute atomic E-state index is 10.7. The third-order valence-electron chi connectivity index (χ3n) is 4.86. The number of hydrogen-bond donors (Lipinski definition) is 1. The molecule has 0 amide bonds. The SMILES string of the molecule is CCCCCCCCC1(O)CCN2CCC1C2. The van der Waals surface area contributed by atoms with Gasteiger partial charge in [0.25, 0.3) is 0 Å². The van der Waals surface area contributed by atoms with Crippen LogP contribution in [-0.4, -0.2) is 35.2 Å². The van der Waals surface area contributed by atoms with Gasteiger partial charge in [0.1, 0.15) is 0 Å². The Morgan fingerprint density at radius 2 is 1.88 bits per heavy atom. The quantitative estimate of drug-likeness (QED) is 0.690. The number of unbranched alkanes of at least 4 members (excludes halogenated alkanes) is 5. The van der Waals surface area contributed by atoms with Gasteiger partial charge in [-0.15, -0.1) is 0 Å². The van der Waals surface area contributed by atoms with Gasteiger partial charge in [-0.05, 0) is 25.8 Å². The van der Waals surface area contributed by atoms with Gasteiger partial charge in [-0.1, -0.05) is 45.4 Å². The molecular weight excluding hydrogens is 210 g/mol. The fourth-order valence-corrected chi connectivity index (χ4v) is 3.57. The minimum atomic E-state index is -0.308. The predicted octanol–water partition coefficient (Wildman–Crippen LogP) is 3.19. The molecule has 2 heterocycles. The van der Waals surface area contributed by atoms with Crippen LogP contribution in [0.15, 0.2) is 0 Å². The molecule has 0 aromatic rings. The fraction of sp³-hybridized carbons (Fsp3) is 1.00. The fourth-order valence-electron chi connectivity index (χ4n) is 3.57. The maximum atomic E-state index is 10.7. The van der Waals surface area contributed by atoms with Crippen LogP contribution in [0.25, 0.3) is 0 Å². The van der Waals surface area contributed by atoms with Crippen LogP contribution in [0.4, 0.5) is 0 Å². The summed E-state index contributed by atoms with van der Waals surface area (Å²) in [5, 5.41) is 10.7. The van der Waals surface area contributed by atoms with E-state index in [1.807, 2.05) is 0 Å². The van der Waals surface area contributed by atoms with Crippen molar-refractivity contribution in [3.05, 3.63) is 0 Å². The third-order valence-corrected chi connectivity index (χ3v) is 4.86. The Bertz CT molecular complexity index is 231. The first kappa shape index (κ1) is 13.4. The Morgan fingerprint density at radius 1 is 1.12 bits per heavy atom. The molecule has 100 valence electrons. The molecule has 2 heteroatoms. The lowest BCUT2D eigenvalue weighted by Crippen LogP contribution is -2.46.